The summed E-state index contributed by atoms with van der Waals surface area (Å²) in [6, 6.07) is -0.415. The van der Waals surface area contributed by atoms with Crippen molar-refractivity contribution >= 4 is 38.7 Å². The van der Waals surface area contributed by atoms with Crippen molar-refractivity contribution in [2.75, 3.05) is 31.1 Å². The summed E-state index contributed by atoms with van der Waals surface area (Å²) in [5.74, 6) is -1.01. The summed E-state index contributed by atoms with van der Waals surface area (Å²) in [6.45, 7) is 7.44. The SMILES string of the molecule is CC(C)(C)OC(=O)N1[C@@H]2CC[C@H]1[C@H]1CCc3c(F)c(Br)c(F)c4nc(OC[C@@]56CCCN5C[C@H](F)C6)nc(c34)N1C2. The highest BCUT2D eigenvalue weighted by Crippen LogP contribution is 2.46. The lowest BCUT2D eigenvalue weighted by molar-refractivity contribution is 0.00720. The minimum atomic E-state index is -0.905. The van der Waals surface area contributed by atoms with E-state index in [-0.39, 0.29) is 46.8 Å². The first-order valence-corrected chi connectivity index (χ1v) is 15.4. The number of piperazine rings is 1. The molecule has 0 radical (unpaired) electrons. The van der Waals surface area contributed by atoms with Crippen LogP contribution in [0.1, 0.15) is 64.9 Å². The molecule has 0 aliphatic carbocycles. The molecular formula is C29H35BrF3N5O3. The third kappa shape index (κ3) is 4.37. The Labute approximate surface area is 245 Å². The quantitative estimate of drug-likeness (QED) is 0.410. The molecule has 0 spiro atoms. The molecule has 6 heterocycles. The first-order valence-electron chi connectivity index (χ1n) is 14.6. The Morgan fingerprint density at radius 3 is 2.71 bits per heavy atom. The van der Waals surface area contributed by atoms with Gasteiger partial charge < -0.3 is 14.4 Å². The lowest BCUT2D eigenvalue weighted by Crippen LogP contribution is -2.62. The number of carbonyl (C=O) groups is 1. The summed E-state index contributed by atoms with van der Waals surface area (Å²) >= 11 is 3.11. The zero-order valence-electron chi connectivity index (χ0n) is 23.6. The number of ether oxygens (including phenoxy) is 2. The number of anilines is 1. The van der Waals surface area contributed by atoms with E-state index >= 15 is 8.78 Å². The fraction of sp³-hybridized carbons (Fsp3) is 0.690. The fourth-order valence-electron chi connectivity index (χ4n) is 7.99. The number of benzene rings is 1. The third-order valence-corrected chi connectivity index (χ3v) is 10.3. The molecule has 0 N–H and O–H groups in total. The molecule has 222 valence electrons. The van der Waals surface area contributed by atoms with Crippen molar-refractivity contribution in [3.63, 3.8) is 0 Å². The molecule has 7 rings (SSSR count). The van der Waals surface area contributed by atoms with Gasteiger partial charge in [0.25, 0.3) is 0 Å². The molecule has 0 saturated carbocycles. The topological polar surface area (TPSA) is 71.0 Å². The lowest BCUT2D eigenvalue weighted by atomic mass is 9.95. The smallest absolute Gasteiger partial charge is 0.410 e. The molecule has 5 aliphatic heterocycles. The first-order chi connectivity index (χ1) is 19.5. The molecule has 1 aromatic heterocycles. The maximum atomic E-state index is 15.6. The van der Waals surface area contributed by atoms with Crippen molar-refractivity contribution in [3.05, 3.63) is 21.7 Å². The van der Waals surface area contributed by atoms with Crippen molar-refractivity contribution in [2.24, 2.45) is 0 Å². The van der Waals surface area contributed by atoms with Gasteiger partial charge in [-0.25, -0.2) is 18.0 Å². The van der Waals surface area contributed by atoms with Gasteiger partial charge in [0.2, 0.25) is 0 Å². The number of nitrogens with zero attached hydrogens (tertiary/aromatic N) is 5. The highest BCUT2D eigenvalue weighted by atomic mass is 79.9. The van der Waals surface area contributed by atoms with Crippen LogP contribution in [0.15, 0.2) is 4.47 Å². The predicted molar refractivity (Wildman–Crippen MR) is 150 cm³/mol. The molecule has 2 bridgehead atoms. The number of hydrogen-bond donors (Lipinski definition) is 0. The second-order valence-electron chi connectivity index (χ2n) is 13.3. The highest BCUT2D eigenvalue weighted by Gasteiger charge is 2.52. The van der Waals surface area contributed by atoms with Crippen LogP contribution in [0.3, 0.4) is 0 Å². The van der Waals surface area contributed by atoms with Crippen LogP contribution >= 0.6 is 15.9 Å². The van der Waals surface area contributed by atoms with Crippen molar-refractivity contribution in [1.29, 1.82) is 0 Å². The molecule has 1 amide bonds. The molecule has 2 aromatic rings. The average molecular weight is 639 g/mol. The van der Waals surface area contributed by atoms with Gasteiger partial charge in [-0.1, -0.05) is 0 Å². The molecule has 4 saturated heterocycles. The molecule has 5 aliphatic rings. The zero-order chi connectivity index (χ0) is 28.8. The lowest BCUT2D eigenvalue weighted by Gasteiger charge is -2.47. The Bertz CT molecular complexity index is 1420. The number of aryl methyl sites for hydroxylation is 1. The van der Waals surface area contributed by atoms with Crippen LogP contribution < -0.4 is 9.64 Å². The largest absolute Gasteiger partial charge is 0.461 e. The Morgan fingerprint density at radius 2 is 1.93 bits per heavy atom. The molecule has 0 unspecified atom stereocenters. The summed E-state index contributed by atoms with van der Waals surface area (Å²) in [4.78, 5) is 28.6. The fourth-order valence-corrected chi connectivity index (χ4v) is 8.41. The van der Waals surface area contributed by atoms with Gasteiger partial charge in [-0.3, -0.25) is 9.80 Å². The molecule has 12 heteroatoms. The molecule has 4 fully saturated rings. The number of aromatic nitrogens is 2. The van der Waals surface area contributed by atoms with Crippen molar-refractivity contribution in [1.82, 2.24) is 19.8 Å². The standard InChI is InChI=1S/C29H35BrF3N5O3/c1-28(2,3)41-27(39)38-16-5-7-19(38)18-8-6-17-20-24(23(33)21(30)22(17)32)34-26(35-25(20)37(18)13-16)40-14-29-9-4-10-36(29)12-15(31)11-29/h15-16,18-19H,4-14H2,1-3H3/t15-,16-,18-,19+,29+/m1/s1. The van der Waals surface area contributed by atoms with Gasteiger partial charge >= 0.3 is 12.1 Å². The summed E-state index contributed by atoms with van der Waals surface area (Å²) in [6.07, 6.45) is 3.44. The van der Waals surface area contributed by atoms with Crippen LogP contribution in [0.25, 0.3) is 10.9 Å². The van der Waals surface area contributed by atoms with Crippen LogP contribution in [0, 0.1) is 11.6 Å². The summed E-state index contributed by atoms with van der Waals surface area (Å²) in [5, 5.41) is 0.355. The number of hydrogen-bond acceptors (Lipinski definition) is 7. The molecule has 8 nitrogen and oxygen atoms in total. The number of rotatable bonds is 3. The van der Waals surface area contributed by atoms with Gasteiger partial charge in [-0.15, -0.1) is 0 Å². The van der Waals surface area contributed by atoms with Gasteiger partial charge in [0.05, 0.1) is 33.5 Å². The van der Waals surface area contributed by atoms with Crippen molar-refractivity contribution in [3.8, 4) is 6.01 Å². The van der Waals surface area contributed by atoms with E-state index in [1.807, 2.05) is 25.7 Å². The monoisotopic (exact) mass is 637 g/mol. The van der Waals surface area contributed by atoms with Gasteiger partial charge in [0.1, 0.15) is 35.5 Å². The Hall–Kier alpha value is -2.34. The van der Waals surface area contributed by atoms with Crippen molar-refractivity contribution < 1.29 is 27.4 Å². The van der Waals surface area contributed by atoms with E-state index in [4.69, 9.17) is 14.5 Å². The van der Waals surface area contributed by atoms with E-state index in [9.17, 15) is 9.18 Å². The van der Waals surface area contributed by atoms with Crippen LogP contribution in [0.4, 0.5) is 23.8 Å². The Balaban J connectivity index is 1.28. The third-order valence-electron chi connectivity index (χ3n) is 9.63. The van der Waals surface area contributed by atoms with Crippen LogP contribution in [-0.4, -0.2) is 87.5 Å². The van der Waals surface area contributed by atoms with Crippen molar-refractivity contribution in [2.45, 2.75) is 101 Å². The number of carbonyl (C=O) groups excluding carboxylic acids is 1. The molecule has 41 heavy (non-hydrogen) atoms. The number of alkyl halides is 1. The first kappa shape index (κ1) is 27.5. The highest BCUT2D eigenvalue weighted by molar-refractivity contribution is 9.10. The van der Waals surface area contributed by atoms with Crippen LogP contribution in [0.2, 0.25) is 0 Å². The van der Waals surface area contributed by atoms with E-state index < -0.39 is 28.9 Å². The summed E-state index contributed by atoms with van der Waals surface area (Å²) in [5.41, 5.74) is -0.673. The number of amides is 1. The Kier molecular flexibility index (Phi) is 6.43. The van der Waals surface area contributed by atoms with Gasteiger partial charge in [-0.05, 0) is 81.8 Å². The second kappa shape index (κ2) is 9.59. The van der Waals surface area contributed by atoms with Crippen LogP contribution in [-0.2, 0) is 11.2 Å². The predicted octanol–water partition coefficient (Wildman–Crippen LogP) is 5.53. The minimum Gasteiger partial charge on any atom is -0.461 e. The average Bonchev–Trinajstić information content (AvgIpc) is 3.50. The Morgan fingerprint density at radius 1 is 1.12 bits per heavy atom. The molecule has 5 atom stereocenters. The van der Waals surface area contributed by atoms with Gasteiger partial charge in [0.15, 0.2) is 5.82 Å². The summed E-state index contributed by atoms with van der Waals surface area (Å²) < 4.78 is 57.2. The normalized spacial score (nSPS) is 30.9. The maximum Gasteiger partial charge on any atom is 0.410 e. The minimum absolute atomic E-state index is 0.00181. The zero-order valence-corrected chi connectivity index (χ0v) is 25.1. The van der Waals surface area contributed by atoms with E-state index in [1.54, 1.807) is 0 Å². The number of fused-ring (bicyclic) bond motifs is 6. The van der Waals surface area contributed by atoms with E-state index in [0.29, 0.717) is 49.1 Å². The maximum absolute atomic E-state index is 15.6. The van der Waals surface area contributed by atoms with E-state index in [0.717, 1.165) is 32.2 Å². The van der Waals surface area contributed by atoms with Crippen LogP contribution in [0.5, 0.6) is 6.01 Å². The molecular weight excluding hydrogens is 603 g/mol. The van der Waals surface area contributed by atoms with E-state index in [1.165, 1.54) is 0 Å². The van der Waals surface area contributed by atoms with E-state index in [2.05, 4.69) is 30.7 Å². The summed E-state index contributed by atoms with van der Waals surface area (Å²) in [7, 11) is 0. The van der Waals surface area contributed by atoms with Gasteiger partial charge in [-0.2, -0.15) is 9.97 Å². The number of halogens is 4. The second-order valence-corrected chi connectivity index (χ2v) is 14.1. The van der Waals surface area contributed by atoms with Gasteiger partial charge in [0, 0.05) is 25.1 Å². The molecule has 1 aromatic carbocycles.